The lowest BCUT2D eigenvalue weighted by molar-refractivity contribution is 0.461. The van der Waals surface area contributed by atoms with E-state index in [1.54, 1.807) is 0 Å². The molecule has 1 unspecified atom stereocenters. The lowest BCUT2D eigenvalue weighted by atomic mass is 10.00. The minimum absolute atomic E-state index is 0.429. The molecule has 0 bridgehead atoms. The van der Waals surface area contributed by atoms with E-state index in [1.807, 2.05) is 11.7 Å². The van der Waals surface area contributed by atoms with Crippen molar-refractivity contribution in [1.82, 2.24) is 15.1 Å². The number of hydrogen-bond acceptors (Lipinski definition) is 3. The number of hydrogen-bond donors (Lipinski definition) is 2. The fourth-order valence-electron chi connectivity index (χ4n) is 2.10. The third-order valence-electron chi connectivity index (χ3n) is 2.73. The van der Waals surface area contributed by atoms with Crippen LogP contribution in [0, 0.1) is 0 Å². The van der Waals surface area contributed by atoms with E-state index in [2.05, 4.69) is 17.3 Å². The van der Waals surface area contributed by atoms with E-state index in [9.17, 15) is 0 Å². The fraction of sp³-hybridized carbons (Fsp3) is 0.667. The molecule has 1 aromatic heterocycles. The largest absolute Gasteiger partial charge is 0.382 e. The molecular formula is C9H16N4. The number of aromatic nitrogens is 2. The number of aryl methyl sites for hydroxylation is 1. The second-order valence-electron chi connectivity index (χ2n) is 3.54. The lowest BCUT2D eigenvalue weighted by Crippen LogP contribution is -2.30. The Labute approximate surface area is 78.1 Å². The van der Waals surface area contributed by atoms with Crippen LogP contribution in [0.25, 0.3) is 0 Å². The van der Waals surface area contributed by atoms with E-state index in [-0.39, 0.29) is 0 Å². The van der Waals surface area contributed by atoms with Gasteiger partial charge in [0.05, 0.1) is 5.69 Å². The van der Waals surface area contributed by atoms with Crippen LogP contribution in [0.1, 0.15) is 30.6 Å². The maximum atomic E-state index is 5.82. The van der Waals surface area contributed by atoms with Crippen LogP contribution in [-0.2, 0) is 13.5 Å². The Morgan fingerprint density at radius 2 is 2.46 bits per heavy atom. The maximum absolute atomic E-state index is 5.82. The molecule has 3 N–H and O–H groups in total. The summed E-state index contributed by atoms with van der Waals surface area (Å²) in [7, 11) is 1.96. The van der Waals surface area contributed by atoms with E-state index >= 15 is 0 Å². The van der Waals surface area contributed by atoms with E-state index in [0.717, 1.165) is 19.4 Å². The first-order valence-electron chi connectivity index (χ1n) is 4.78. The Hall–Kier alpha value is -1.03. The molecule has 0 radical (unpaired) electrons. The Morgan fingerprint density at radius 1 is 1.69 bits per heavy atom. The molecule has 0 fully saturated rings. The van der Waals surface area contributed by atoms with Gasteiger partial charge in [-0.1, -0.05) is 6.92 Å². The van der Waals surface area contributed by atoms with Gasteiger partial charge in [0.1, 0.15) is 5.82 Å². The van der Waals surface area contributed by atoms with Gasteiger partial charge in [-0.2, -0.15) is 5.10 Å². The minimum Gasteiger partial charge on any atom is -0.382 e. The summed E-state index contributed by atoms with van der Waals surface area (Å²) in [5.74, 6) is 0.706. The lowest BCUT2D eigenvalue weighted by Gasteiger charge is -2.23. The summed E-state index contributed by atoms with van der Waals surface area (Å²) >= 11 is 0. The molecule has 13 heavy (non-hydrogen) atoms. The zero-order valence-electron chi connectivity index (χ0n) is 8.17. The summed E-state index contributed by atoms with van der Waals surface area (Å²) in [6.07, 6.45) is 2.09. The number of nitrogens with one attached hydrogen (secondary N) is 1. The molecule has 1 aliphatic heterocycles. The first kappa shape index (κ1) is 8.56. The highest BCUT2D eigenvalue weighted by Gasteiger charge is 2.24. The molecule has 1 aliphatic rings. The average molecular weight is 180 g/mol. The molecule has 4 heteroatoms. The van der Waals surface area contributed by atoms with Gasteiger partial charge in [0.25, 0.3) is 0 Å². The molecule has 0 saturated heterocycles. The van der Waals surface area contributed by atoms with E-state index < -0.39 is 0 Å². The number of nitrogens with two attached hydrogens (primary N) is 1. The van der Waals surface area contributed by atoms with Crippen LogP contribution in [0.15, 0.2) is 0 Å². The van der Waals surface area contributed by atoms with Crippen molar-refractivity contribution >= 4 is 5.82 Å². The zero-order valence-corrected chi connectivity index (χ0v) is 8.17. The van der Waals surface area contributed by atoms with Crippen molar-refractivity contribution in [3.8, 4) is 0 Å². The van der Waals surface area contributed by atoms with Crippen LogP contribution >= 0.6 is 0 Å². The Morgan fingerprint density at radius 3 is 3.15 bits per heavy atom. The van der Waals surface area contributed by atoms with Gasteiger partial charge >= 0.3 is 0 Å². The molecule has 1 atom stereocenters. The molecule has 0 aliphatic carbocycles. The monoisotopic (exact) mass is 180 g/mol. The summed E-state index contributed by atoms with van der Waals surface area (Å²) in [6, 6.07) is 0.429. The molecule has 2 rings (SSSR count). The first-order valence-corrected chi connectivity index (χ1v) is 4.78. The number of anilines is 1. The first-order chi connectivity index (χ1) is 6.24. The summed E-state index contributed by atoms with van der Waals surface area (Å²) in [5.41, 5.74) is 8.33. The molecular weight excluding hydrogens is 164 g/mol. The van der Waals surface area contributed by atoms with Crippen molar-refractivity contribution in [3.05, 3.63) is 11.3 Å². The van der Waals surface area contributed by atoms with Gasteiger partial charge in [-0.25, -0.2) is 0 Å². The molecule has 0 aromatic carbocycles. The highest BCUT2D eigenvalue weighted by Crippen LogP contribution is 2.28. The zero-order chi connectivity index (χ0) is 9.42. The molecule has 4 nitrogen and oxygen atoms in total. The van der Waals surface area contributed by atoms with Crippen LogP contribution in [0.3, 0.4) is 0 Å². The van der Waals surface area contributed by atoms with Crippen molar-refractivity contribution in [3.63, 3.8) is 0 Å². The second kappa shape index (κ2) is 3.03. The van der Waals surface area contributed by atoms with Gasteiger partial charge in [-0.15, -0.1) is 0 Å². The molecule has 1 aromatic rings. The second-order valence-corrected chi connectivity index (χ2v) is 3.54. The molecule has 2 heterocycles. The van der Waals surface area contributed by atoms with Crippen molar-refractivity contribution in [2.75, 3.05) is 12.3 Å². The molecule has 0 saturated carbocycles. The topological polar surface area (TPSA) is 55.9 Å². The van der Waals surface area contributed by atoms with Crippen LogP contribution in [0.5, 0.6) is 0 Å². The highest BCUT2D eigenvalue weighted by molar-refractivity contribution is 5.45. The third-order valence-corrected chi connectivity index (χ3v) is 2.73. The Balaban J connectivity index is 2.48. The van der Waals surface area contributed by atoms with Crippen molar-refractivity contribution in [2.24, 2.45) is 7.05 Å². The van der Waals surface area contributed by atoms with E-state index in [4.69, 9.17) is 5.73 Å². The van der Waals surface area contributed by atoms with Gasteiger partial charge in [-0.05, 0) is 12.8 Å². The normalized spacial score (nSPS) is 21.5. The Bertz CT molecular complexity index is 316. The van der Waals surface area contributed by atoms with Crippen molar-refractivity contribution in [2.45, 2.75) is 25.8 Å². The van der Waals surface area contributed by atoms with Gasteiger partial charge in [0.2, 0.25) is 0 Å². The predicted molar refractivity (Wildman–Crippen MR) is 52.4 cm³/mol. The van der Waals surface area contributed by atoms with Crippen LogP contribution in [0.4, 0.5) is 5.82 Å². The fourth-order valence-corrected chi connectivity index (χ4v) is 2.10. The third kappa shape index (κ3) is 1.21. The molecule has 0 amide bonds. The van der Waals surface area contributed by atoms with Gasteiger partial charge in [-0.3, -0.25) is 4.68 Å². The Kier molecular flexibility index (Phi) is 2.00. The average Bonchev–Trinajstić information content (AvgIpc) is 2.43. The van der Waals surface area contributed by atoms with Crippen molar-refractivity contribution < 1.29 is 0 Å². The SMILES string of the molecule is CCC1NCCc2c(N)nn(C)c21. The summed E-state index contributed by atoms with van der Waals surface area (Å²) < 4.78 is 1.91. The smallest absolute Gasteiger partial charge is 0.149 e. The van der Waals surface area contributed by atoms with Gasteiger partial charge in [0, 0.05) is 25.2 Å². The minimum atomic E-state index is 0.429. The highest BCUT2D eigenvalue weighted by atomic mass is 15.3. The molecule has 72 valence electrons. The number of fused-ring (bicyclic) bond motifs is 1. The van der Waals surface area contributed by atoms with Crippen LogP contribution in [0.2, 0.25) is 0 Å². The summed E-state index contributed by atoms with van der Waals surface area (Å²) in [4.78, 5) is 0. The molecule has 0 spiro atoms. The van der Waals surface area contributed by atoms with E-state index in [1.165, 1.54) is 11.3 Å². The number of nitrogen functional groups attached to an aromatic ring is 1. The van der Waals surface area contributed by atoms with Crippen LogP contribution < -0.4 is 11.1 Å². The summed E-state index contributed by atoms with van der Waals surface area (Å²) in [6.45, 7) is 3.19. The van der Waals surface area contributed by atoms with Crippen molar-refractivity contribution in [1.29, 1.82) is 0 Å². The van der Waals surface area contributed by atoms with Gasteiger partial charge < -0.3 is 11.1 Å². The predicted octanol–water partition coefficient (Wildman–Crippen LogP) is 0.599. The summed E-state index contributed by atoms with van der Waals surface area (Å²) in [5, 5.41) is 7.71. The quantitative estimate of drug-likeness (QED) is 0.665. The number of rotatable bonds is 1. The van der Waals surface area contributed by atoms with Crippen LogP contribution in [-0.4, -0.2) is 16.3 Å². The number of nitrogens with zero attached hydrogens (tertiary/aromatic N) is 2. The standard InChI is InChI=1S/C9H16N4/c1-3-7-8-6(4-5-11-7)9(10)12-13(8)2/h7,11H,3-5H2,1-2H3,(H2,10,12). The van der Waals surface area contributed by atoms with Gasteiger partial charge in [0.15, 0.2) is 0 Å². The maximum Gasteiger partial charge on any atom is 0.149 e. The van der Waals surface area contributed by atoms with E-state index in [0.29, 0.717) is 11.9 Å².